The van der Waals surface area contributed by atoms with Gasteiger partial charge < -0.3 is 19.7 Å². The molecule has 168 valence electrons. The quantitative estimate of drug-likeness (QED) is 0.593. The molecule has 0 spiro atoms. The van der Waals surface area contributed by atoms with Crippen LogP contribution in [0.15, 0.2) is 48.5 Å². The van der Waals surface area contributed by atoms with Crippen molar-refractivity contribution in [3.05, 3.63) is 59.7 Å². The molecule has 6 heteroatoms. The first-order valence-corrected chi connectivity index (χ1v) is 10.8. The first-order chi connectivity index (χ1) is 14.8. The van der Waals surface area contributed by atoms with Gasteiger partial charge in [0.1, 0.15) is 17.5 Å². The third-order valence-electron chi connectivity index (χ3n) is 5.03. The van der Waals surface area contributed by atoms with Crippen LogP contribution in [0.3, 0.4) is 0 Å². The molecule has 2 aromatic carbocycles. The summed E-state index contributed by atoms with van der Waals surface area (Å²) in [5.41, 5.74) is 2.08. The smallest absolute Gasteiger partial charge is 0.261 e. The van der Waals surface area contributed by atoms with Crippen LogP contribution in [-0.2, 0) is 22.6 Å². The van der Waals surface area contributed by atoms with E-state index in [-0.39, 0.29) is 25.0 Å². The molecule has 0 saturated carbocycles. The minimum Gasteiger partial charge on any atom is -0.497 e. The number of carbonyl (C=O) groups excluding carboxylic acids is 2. The molecule has 2 rings (SSSR count). The van der Waals surface area contributed by atoms with Crippen LogP contribution in [0.4, 0.5) is 0 Å². The molecule has 1 atom stereocenters. The number of rotatable bonds is 11. The molecule has 6 nitrogen and oxygen atoms in total. The van der Waals surface area contributed by atoms with E-state index in [2.05, 4.69) is 12.2 Å². The number of hydrogen-bond donors (Lipinski definition) is 1. The van der Waals surface area contributed by atoms with Crippen molar-refractivity contribution in [2.75, 3.05) is 20.3 Å². The Morgan fingerprint density at radius 1 is 1.00 bits per heavy atom. The lowest BCUT2D eigenvalue weighted by Crippen LogP contribution is -2.49. The summed E-state index contributed by atoms with van der Waals surface area (Å²) in [6.45, 7) is 8.58. The van der Waals surface area contributed by atoms with Crippen molar-refractivity contribution in [2.45, 2.75) is 46.7 Å². The first-order valence-electron chi connectivity index (χ1n) is 10.8. The predicted octanol–water partition coefficient (Wildman–Crippen LogP) is 3.83. The average molecular weight is 427 g/mol. The second-order valence-corrected chi connectivity index (χ2v) is 7.97. The number of methoxy groups -OCH3 is 1. The summed E-state index contributed by atoms with van der Waals surface area (Å²) in [5.74, 6) is 1.22. The number of carbonyl (C=O) groups is 2. The molecule has 0 saturated heterocycles. The minimum atomic E-state index is -0.636. The molecule has 0 fully saturated rings. The lowest BCUT2D eigenvalue weighted by molar-refractivity contribution is -0.142. The van der Waals surface area contributed by atoms with Gasteiger partial charge in [0.05, 0.1) is 7.11 Å². The van der Waals surface area contributed by atoms with Gasteiger partial charge in [0.25, 0.3) is 5.91 Å². The molecule has 0 radical (unpaired) electrons. The van der Waals surface area contributed by atoms with Crippen molar-refractivity contribution in [2.24, 2.45) is 5.92 Å². The number of aryl methyl sites for hydroxylation is 1. The Hall–Kier alpha value is -3.02. The fourth-order valence-corrected chi connectivity index (χ4v) is 3.05. The summed E-state index contributed by atoms with van der Waals surface area (Å²) >= 11 is 0. The third kappa shape index (κ3) is 7.63. The van der Waals surface area contributed by atoms with Gasteiger partial charge >= 0.3 is 0 Å². The van der Waals surface area contributed by atoms with Crippen LogP contribution < -0.4 is 14.8 Å². The molecular weight excluding hydrogens is 392 g/mol. The van der Waals surface area contributed by atoms with Gasteiger partial charge in [-0.2, -0.15) is 0 Å². The average Bonchev–Trinajstić information content (AvgIpc) is 2.79. The largest absolute Gasteiger partial charge is 0.497 e. The van der Waals surface area contributed by atoms with E-state index in [1.54, 1.807) is 18.9 Å². The SMILES string of the molecule is CCc1ccc(OCC(=O)N(Cc2cccc(OC)c2)C(C)C(=O)NCC(C)C)cc1. The van der Waals surface area contributed by atoms with E-state index in [4.69, 9.17) is 9.47 Å². The highest BCUT2D eigenvalue weighted by atomic mass is 16.5. The van der Waals surface area contributed by atoms with E-state index < -0.39 is 6.04 Å². The van der Waals surface area contributed by atoms with Crippen molar-refractivity contribution in [1.29, 1.82) is 0 Å². The van der Waals surface area contributed by atoms with Gasteiger partial charge in [-0.05, 0) is 54.7 Å². The normalized spacial score (nSPS) is 11.7. The van der Waals surface area contributed by atoms with E-state index in [0.717, 1.165) is 12.0 Å². The lowest BCUT2D eigenvalue weighted by atomic mass is 10.1. The van der Waals surface area contributed by atoms with E-state index in [0.29, 0.717) is 24.0 Å². The maximum atomic E-state index is 13.1. The van der Waals surface area contributed by atoms with Gasteiger partial charge in [-0.1, -0.05) is 45.0 Å². The third-order valence-corrected chi connectivity index (χ3v) is 5.03. The van der Waals surface area contributed by atoms with Gasteiger partial charge in [0.15, 0.2) is 6.61 Å². The summed E-state index contributed by atoms with van der Waals surface area (Å²) < 4.78 is 11.0. The fraction of sp³-hybridized carbons (Fsp3) is 0.440. The molecule has 0 heterocycles. The van der Waals surface area contributed by atoms with Gasteiger partial charge in [-0.15, -0.1) is 0 Å². The van der Waals surface area contributed by atoms with Gasteiger partial charge in [-0.3, -0.25) is 9.59 Å². The van der Waals surface area contributed by atoms with Crippen LogP contribution in [0, 0.1) is 5.92 Å². The second kappa shape index (κ2) is 12.0. The number of ether oxygens (including phenoxy) is 2. The van der Waals surface area contributed by atoms with E-state index in [9.17, 15) is 9.59 Å². The van der Waals surface area contributed by atoms with Crippen molar-refractivity contribution in [1.82, 2.24) is 10.2 Å². The summed E-state index contributed by atoms with van der Waals surface area (Å²) in [6, 6.07) is 14.5. The molecule has 0 bridgehead atoms. The molecule has 1 unspecified atom stereocenters. The van der Waals surface area contributed by atoms with Crippen LogP contribution in [0.2, 0.25) is 0 Å². The van der Waals surface area contributed by atoms with Crippen molar-refractivity contribution in [3.8, 4) is 11.5 Å². The van der Waals surface area contributed by atoms with Gasteiger partial charge in [-0.25, -0.2) is 0 Å². The zero-order valence-corrected chi connectivity index (χ0v) is 19.2. The van der Waals surface area contributed by atoms with Crippen molar-refractivity contribution in [3.63, 3.8) is 0 Å². The van der Waals surface area contributed by atoms with E-state index in [1.807, 2.05) is 62.4 Å². The van der Waals surface area contributed by atoms with Gasteiger partial charge in [0.2, 0.25) is 5.91 Å². The molecule has 0 aliphatic heterocycles. The monoisotopic (exact) mass is 426 g/mol. The predicted molar refractivity (Wildman–Crippen MR) is 122 cm³/mol. The molecular formula is C25H34N2O4. The molecule has 0 aromatic heterocycles. The number of amides is 2. The van der Waals surface area contributed by atoms with Crippen LogP contribution in [0.1, 0.15) is 38.8 Å². The van der Waals surface area contributed by atoms with Crippen molar-refractivity contribution < 1.29 is 19.1 Å². The Morgan fingerprint density at radius 2 is 1.71 bits per heavy atom. The topological polar surface area (TPSA) is 67.9 Å². The second-order valence-electron chi connectivity index (χ2n) is 7.97. The molecule has 2 aromatic rings. The van der Waals surface area contributed by atoms with E-state index in [1.165, 1.54) is 5.56 Å². The highest BCUT2D eigenvalue weighted by Crippen LogP contribution is 2.17. The maximum Gasteiger partial charge on any atom is 0.261 e. The van der Waals surface area contributed by atoms with Crippen LogP contribution in [0.5, 0.6) is 11.5 Å². The highest BCUT2D eigenvalue weighted by Gasteiger charge is 2.26. The Morgan fingerprint density at radius 3 is 2.32 bits per heavy atom. The summed E-state index contributed by atoms with van der Waals surface area (Å²) in [4.78, 5) is 27.3. The minimum absolute atomic E-state index is 0.142. The molecule has 2 amide bonds. The Balaban J connectivity index is 2.13. The van der Waals surface area contributed by atoms with Crippen LogP contribution >= 0.6 is 0 Å². The first kappa shape index (κ1) is 24.3. The summed E-state index contributed by atoms with van der Waals surface area (Å²) in [5, 5.41) is 2.91. The van der Waals surface area contributed by atoms with E-state index >= 15 is 0 Å². The molecule has 31 heavy (non-hydrogen) atoms. The summed E-state index contributed by atoms with van der Waals surface area (Å²) in [6.07, 6.45) is 0.941. The summed E-state index contributed by atoms with van der Waals surface area (Å²) in [7, 11) is 1.60. The highest BCUT2D eigenvalue weighted by molar-refractivity contribution is 5.88. The molecule has 1 N–H and O–H groups in total. The number of nitrogens with zero attached hydrogens (tertiary/aromatic N) is 1. The fourth-order valence-electron chi connectivity index (χ4n) is 3.05. The zero-order chi connectivity index (χ0) is 22.8. The lowest BCUT2D eigenvalue weighted by Gasteiger charge is -2.29. The Bertz CT molecular complexity index is 849. The Kier molecular flexibility index (Phi) is 9.38. The van der Waals surface area contributed by atoms with Crippen LogP contribution in [0.25, 0.3) is 0 Å². The standard InChI is InChI=1S/C25H34N2O4/c1-6-20-10-12-22(13-11-20)31-17-24(28)27(19(4)25(29)26-15-18(2)3)16-21-8-7-9-23(14-21)30-5/h7-14,18-19H,6,15-17H2,1-5H3,(H,26,29). The maximum absolute atomic E-state index is 13.1. The number of nitrogens with one attached hydrogen (secondary N) is 1. The van der Waals surface area contributed by atoms with Crippen molar-refractivity contribution >= 4 is 11.8 Å². The van der Waals surface area contributed by atoms with Gasteiger partial charge in [0, 0.05) is 13.1 Å². The zero-order valence-electron chi connectivity index (χ0n) is 19.2. The molecule has 0 aliphatic rings. The number of hydrogen-bond acceptors (Lipinski definition) is 4. The number of benzene rings is 2. The Labute approximate surface area is 185 Å². The molecule has 0 aliphatic carbocycles. The van der Waals surface area contributed by atoms with Crippen LogP contribution in [-0.4, -0.2) is 43.0 Å².